The van der Waals surface area contributed by atoms with Gasteiger partial charge in [0, 0.05) is 29.8 Å². The maximum absolute atomic E-state index is 13.2. The van der Waals surface area contributed by atoms with E-state index >= 15 is 0 Å². The lowest BCUT2D eigenvalue weighted by molar-refractivity contribution is -0.385. The van der Waals surface area contributed by atoms with Crippen molar-refractivity contribution in [1.29, 1.82) is 0 Å². The zero-order chi connectivity index (χ0) is 20.5. The van der Waals surface area contributed by atoms with E-state index in [1.54, 1.807) is 30.3 Å². The van der Waals surface area contributed by atoms with Crippen molar-refractivity contribution in [1.82, 2.24) is 9.55 Å². The van der Waals surface area contributed by atoms with Gasteiger partial charge < -0.3 is 0 Å². The van der Waals surface area contributed by atoms with E-state index in [4.69, 9.17) is 0 Å². The van der Waals surface area contributed by atoms with Crippen molar-refractivity contribution in [3.8, 4) is 17.1 Å². The minimum Gasteiger partial charge on any atom is -0.268 e. The summed E-state index contributed by atoms with van der Waals surface area (Å²) >= 11 is 0. The van der Waals surface area contributed by atoms with Gasteiger partial charge >= 0.3 is 0 Å². The number of hydrogen-bond donors (Lipinski definition) is 0. The van der Waals surface area contributed by atoms with E-state index in [9.17, 15) is 25.0 Å². The lowest BCUT2D eigenvalue weighted by Crippen LogP contribution is -2.22. The summed E-state index contributed by atoms with van der Waals surface area (Å²) < 4.78 is 1.27. The zero-order valence-electron chi connectivity index (χ0n) is 14.8. The van der Waals surface area contributed by atoms with Crippen molar-refractivity contribution in [3.05, 3.63) is 103 Å². The summed E-state index contributed by atoms with van der Waals surface area (Å²) in [4.78, 5) is 38.8. The number of rotatable bonds is 4. The van der Waals surface area contributed by atoms with Crippen LogP contribution in [0.4, 0.5) is 11.4 Å². The predicted molar refractivity (Wildman–Crippen MR) is 106 cm³/mol. The highest BCUT2D eigenvalue weighted by atomic mass is 16.6. The van der Waals surface area contributed by atoms with Crippen LogP contribution < -0.4 is 5.56 Å². The first-order valence-electron chi connectivity index (χ1n) is 8.47. The van der Waals surface area contributed by atoms with E-state index in [0.29, 0.717) is 16.5 Å². The number of fused-ring (bicyclic) bond motifs is 1. The van der Waals surface area contributed by atoms with Crippen molar-refractivity contribution in [2.24, 2.45) is 0 Å². The normalized spacial score (nSPS) is 10.8. The molecular formula is C20H12N4O5. The molecule has 0 aliphatic carbocycles. The van der Waals surface area contributed by atoms with Crippen LogP contribution in [-0.2, 0) is 0 Å². The molecule has 4 aromatic rings. The molecule has 0 radical (unpaired) electrons. The molecule has 29 heavy (non-hydrogen) atoms. The Labute approximate surface area is 162 Å². The highest BCUT2D eigenvalue weighted by Gasteiger charge is 2.17. The van der Waals surface area contributed by atoms with E-state index in [0.717, 1.165) is 0 Å². The Morgan fingerprint density at radius 1 is 0.793 bits per heavy atom. The van der Waals surface area contributed by atoms with Gasteiger partial charge in [-0.3, -0.25) is 29.6 Å². The summed E-state index contributed by atoms with van der Waals surface area (Å²) in [6.07, 6.45) is 0. The predicted octanol–water partition coefficient (Wildman–Crippen LogP) is 3.87. The molecule has 142 valence electrons. The van der Waals surface area contributed by atoms with Gasteiger partial charge in [0.05, 0.1) is 26.4 Å². The molecule has 9 heteroatoms. The Bertz CT molecular complexity index is 1330. The number of para-hydroxylation sites is 1. The lowest BCUT2D eigenvalue weighted by atomic mass is 10.1. The fraction of sp³-hybridized carbons (Fsp3) is 0. The molecule has 0 atom stereocenters. The average molecular weight is 388 g/mol. The molecule has 1 heterocycles. The Morgan fingerprint density at radius 3 is 2.17 bits per heavy atom. The number of nitro benzene ring substituents is 2. The Hall–Kier alpha value is -4.40. The number of aromatic nitrogens is 2. The van der Waals surface area contributed by atoms with E-state index in [1.165, 1.54) is 47.0 Å². The second kappa shape index (κ2) is 6.97. The van der Waals surface area contributed by atoms with Gasteiger partial charge in [0.2, 0.25) is 0 Å². The minimum absolute atomic E-state index is 0.0983. The van der Waals surface area contributed by atoms with E-state index in [1.807, 2.05) is 0 Å². The highest BCUT2D eigenvalue weighted by Crippen LogP contribution is 2.25. The molecule has 0 spiro atoms. The molecule has 0 bridgehead atoms. The monoisotopic (exact) mass is 388 g/mol. The summed E-state index contributed by atoms with van der Waals surface area (Å²) in [6, 6.07) is 18.0. The molecule has 0 unspecified atom stereocenters. The van der Waals surface area contributed by atoms with Gasteiger partial charge in [-0.05, 0) is 30.3 Å². The van der Waals surface area contributed by atoms with Gasteiger partial charge in [0.25, 0.3) is 16.9 Å². The van der Waals surface area contributed by atoms with Crippen LogP contribution >= 0.6 is 0 Å². The quantitative estimate of drug-likeness (QED) is 0.386. The molecule has 0 fully saturated rings. The van der Waals surface area contributed by atoms with Crippen LogP contribution in [0.5, 0.6) is 0 Å². The molecule has 4 rings (SSSR count). The van der Waals surface area contributed by atoms with E-state index < -0.39 is 15.4 Å². The molecule has 1 aromatic heterocycles. The number of hydrogen-bond acceptors (Lipinski definition) is 6. The van der Waals surface area contributed by atoms with Crippen LogP contribution in [0.25, 0.3) is 28.0 Å². The molecule has 0 amide bonds. The summed E-state index contributed by atoms with van der Waals surface area (Å²) in [5, 5.41) is 22.5. The van der Waals surface area contributed by atoms with Crippen LogP contribution in [0, 0.1) is 20.2 Å². The maximum atomic E-state index is 13.2. The van der Waals surface area contributed by atoms with E-state index in [-0.39, 0.29) is 22.9 Å². The number of non-ortho nitro benzene ring substituents is 2. The van der Waals surface area contributed by atoms with Gasteiger partial charge in [-0.2, -0.15) is 0 Å². The van der Waals surface area contributed by atoms with Crippen molar-refractivity contribution < 1.29 is 9.85 Å². The van der Waals surface area contributed by atoms with Gasteiger partial charge in [-0.25, -0.2) is 4.98 Å². The number of nitro groups is 2. The molecule has 0 N–H and O–H groups in total. The summed E-state index contributed by atoms with van der Waals surface area (Å²) in [6.45, 7) is 0. The van der Waals surface area contributed by atoms with E-state index in [2.05, 4.69) is 4.98 Å². The molecule has 3 aromatic carbocycles. The second-order valence-electron chi connectivity index (χ2n) is 6.17. The standard InChI is InChI=1S/C20H12N4O5/c25-20-17-6-1-2-7-18(17)21-19(13-8-10-14(11-9-13)23(26)27)22(20)15-4-3-5-16(12-15)24(28)29/h1-12H. The van der Waals surface area contributed by atoms with Crippen molar-refractivity contribution in [2.75, 3.05) is 0 Å². The smallest absolute Gasteiger partial charge is 0.268 e. The number of nitrogens with zero attached hydrogens (tertiary/aromatic N) is 4. The van der Waals surface area contributed by atoms with Gasteiger partial charge in [0.1, 0.15) is 5.82 Å². The van der Waals surface area contributed by atoms with Crippen LogP contribution in [0.3, 0.4) is 0 Å². The second-order valence-corrected chi connectivity index (χ2v) is 6.17. The van der Waals surface area contributed by atoms with Gasteiger partial charge in [-0.15, -0.1) is 0 Å². The Kier molecular flexibility index (Phi) is 4.32. The van der Waals surface area contributed by atoms with Crippen LogP contribution in [-0.4, -0.2) is 19.4 Å². The minimum atomic E-state index is -0.547. The lowest BCUT2D eigenvalue weighted by Gasteiger charge is -2.13. The SMILES string of the molecule is O=c1c2ccccc2nc(-c2ccc([N+](=O)[O-])cc2)n1-c1cccc([N+](=O)[O-])c1. The van der Waals surface area contributed by atoms with Crippen molar-refractivity contribution in [3.63, 3.8) is 0 Å². The fourth-order valence-electron chi connectivity index (χ4n) is 3.04. The van der Waals surface area contributed by atoms with Gasteiger partial charge in [-0.1, -0.05) is 18.2 Å². The van der Waals surface area contributed by atoms with Gasteiger partial charge in [0.15, 0.2) is 0 Å². The Balaban J connectivity index is 2.04. The summed E-state index contributed by atoms with van der Waals surface area (Å²) in [5.74, 6) is 0.226. The first-order chi connectivity index (χ1) is 14.0. The topological polar surface area (TPSA) is 121 Å². The summed E-state index contributed by atoms with van der Waals surface area (Å²) in [5.41, 5.74) is 0.522. The number of benzene rings is 3. The molecule has 0 saturated heterocycles. The first kappa shape index (κ1) is 18.0. The summed E-state index contributed by atoms with van der Waals surface area (Å²) in [7, 11) is 0. The molecule has 9 nitrogen and oxygen atoms in total. The van der Waals surface area contributed by atoms with Crippen LogP contribution in [0.15, 0.2) is 77.6 Å². The van der Waals surface area contributed by atoms with Crippen LogP contribution in [0.2, 0.25) is 0 Å². The van der Waals surface area contributed by atoms with Crippen LogP contribution in [0.1, 0.15) is 0 Å². The average Bonchev–Trinajstić information content (AvgIpc) is 2.74. The highest BCUT2D eigenvalue weighted by molar-refractivity contribution is 5.80. The maximum Gasteiger partial charge on any atom is 0.271 e. The molecule has 0 saturated carbocycles. The molecular weight excluding hydrogens is 376 g/mol. The third kappa shape index (κ3) is 3.21. The largest absolute Gasteiger partial charge is 0.271 e. The third-order valence-corrected chi connectivity index (χ3v) is 4.41. The first-order valence-corrected chi connectivity index (χ1v) is 8.47. The Morgan fingerprint density at radius 2 is 1.48 bits per heavy atom. The molecule has 0 aliphatic heterocycles. The third-order valence-electron chi connectivity index (χ3n) is 4.41. The van der Waals surface area contributed by atoms with Crippen molar-refractivity contribution >= 4 is 22.3 Å². The van der Waals surface area contributed by atoms with Crippen molar-refractivity contribution in [2.45, 2.75) is 0 Å². The zero-order valence-corrected chi connectivity index (χ0v) is 14.8. The molecule has 0 aliphatic rings. The fourth-order valence-corrected chi connectivity index (χ4v) is 3.04.